The number of fused-ring (bicyclic) bond motifs is 1. The summed E-state index contributed by atoms with van der Waals surface area (Å²) in [6.07, 6.45) is 4.11. The zero-order valence-corrected chi connectivity index (χ0v) is 10.9. The molecule has 2 rings (SSSR count). The highest BCUT2D eigenvalue weighted by molar-refractivity contribution is 6.35. The molecule has 0 unspecified atom stereocenters. The number of esters is 1. The Hall–Kier alpha value is -2.25. The Morgan fingerprint density at radius 1 is 1.42 bits per heavy atom. The van der Waals surface area contributed by atoms with Crippen LogP contribution in [0.25, 0.3) is 10.9 Å². The van der Waals surface area contributed by atoms with Gasteiger partial charge in [0.1, 0.15) is 11.6 Å². The zero-order chi connectivity index (χ0) is 13.7. The molecule has 4 nitrogen and oxygen atoms in total. The SMILES string of the molecule is CC(=O)OCC#COc1ccc(Cl)c2cccnc12. The largest absolute Gasteiger partial charge is 0.453 e. The second-order valence-corrected chi connectivity index (χ2v) is 4.01. The molecule has 2 aromatic rings. The number of carbonyl (C=O) groups excluding carboxylic acids is 1. The van der Waals surface area contributed by atoms with Crippen molar-refractivity contribution in [2.45, 2.75) is 6.92 Å². The fraction of sp³-hybridized carbons (Fsp3) is 0.143. The van der Waals surface area contributed by atoms with Crippen molar-refractivity contribution in [2.24, 2.45) is 0 Å². The second-order valence-electron chi connectivity index (χ2n) is 3.61. The van der Waals surface area contributed by atoms with Crippen LogP contribution in [0.5, 0.6) is 5.75 Å². The lowest BCUT2D eigenvalue weighted by atomic mass is 10.2. The summed E-state index contributed by atoms with van der Waals surface area (Å²) in [5, 5.41) is 1.40. The lowest BCUT2D eigenvalue weighted by molar-refractivity contribution is -0.139. The van der Waals surface area contributed by atoms with Gasteiger partial charge >= 0.3 is 5.97 Å². The van der Waals surface area contributed by atoms with Crippen LogP contribution in [-0.4, -0.2) is 17.6 Å². The van der Waals surface area contributed by atoms with Crippen molar-refractivity contribution in [2.75, 3.05) is 6.61 Å². The minimum absolute atomic E-state index is 0.00567. The van der Waals surface area contributed by atoms with E-state index in [4.69, 9.17) is 16.3 Å². The van der Waals surface area contributed by atoms with Crippen LogP contribution >= 0.6 is 11.6 Å². The van der Waals surface area contributed by atoms with Crippen LogP contribution in [-0.2, 0) is 9.53 Å². The maximum absolute atomic E-state index is 10.5. The van der Waals surface area contributed by atoms with Crippen LogP contribution in [0.2, 0.25) is 5.02 Å². The van der Waals surface area contributed by atoms with Gasteiger partial charge in [0, 0.05) is 18.5 Å². The van der Waals surface area contributed by atoms with Crippen LogP contribution < -0.4 is 4.74 Å². The predicted molar refractivity (Wildman–Crippen MR) is 71.8 cm³/mol. The maximum Gasteiger partial charge on any atom is 0.303 e. The molecule has 0 radical (unpaired) electrons. The molecule has 0 bridgehead atoms. The molecular formula is C14H10ClNO3. The third-order valence-corrected chi connectivity index (χ3v) is 2.59. The Morgan fingerprint density at radius 2 is 2.26 bits per heavy atom. The summed E-state index contributed by atoms with van der Waals surface area (Å²) >= 11 is 6.06. The van der Waals surface area contributed by atoms with E-state index < -0.39 is 0 Å². The average molecular weight is 276 g/mol. The Labute approximate surface area is 115 Å². The first kappa shape index (κ1) is 13.2. The quantitative estimate of drug-likeness (QED) is 0.625. The molecule has 1 heterocycles. The van der Waals surface area contributed by atoms with E-state index in [0.29, 0.717) is 16.3 Å². The van der Waals surface area contributed by atoms with Gasteiger partial charge in [-0.2, -0.15) is 0 Å². The molecular weight excluding hydrogens is 266 g/mol. The topological polar surface area (TPSA) is 48.4 Å². The highest BCUT2D eigenvalue weighted by Gasteiger charge is 2.05. The molecule has 0 fully saturated rings. The molecule has 0 aliphatic carbocycles. The van der Waals surface area contributed by atoms with E-state index in [1.807, 2.05) is 6.07 Å². The van der Waals surface area contributed by atoms with Crippen molar-refractivity contribution >= 4 is 28.5 Å². The first-order chi connectivity index (χ1) is 9.18. The van der Waals surface area contributed by atoms with E-state index in [9.17, 15) is 4.79 Å². The van der Waals surface area contributed by atoms with E-state index in [2.05, 4.69) is 21.7 Å². The van der Waals surface area contributed by atoms with Gasteiger partial charge in [0.2, 0.25) is 0 Å². The number of benzene rings is 1. The van der Waals surface area contributed by atoms with Gasteiger partial charge in [-0.15, -0.1) is 0 Å². The molecule has 5 heteroatoms. The van der Waals surface area contributed by atoms with E-state index in [1.54, 1.807) is 24.4 Å². The summed E-state index contributed by atoms with van der Waals surface area (Å²) in [4.78, 5) is 14.7. The monoisotopic (exact) mass is 275 g/mol. The summed E-state index contributed by atoms with van der Waals surface area (Å²) in [5.74, 6) is 2.70. The average Bonchev–Trinajstić information content (AvgIpc) is 2.41. The molecule has 0 N–H and O–H groups in total. The molecule has 0 saturated carbocycles. The van der Waals surface area contributed by atoms with Gasteiger partial charge in [-0.25, -0.2) is 0 Å². The lowest BCUT2D eigenvalue weighted by Gasteiger charge is -2.03. The van der Waals surface area contributed by atoms with E-state index in [1.165, 1.54) is 6.92 Å². The van der Waals surface area contributed by atoms with Crippen molar-refractivity contribution in [3.63, 3.8) is 0 Å². The number of pyridine rings is 1. The summed E-state index contributed by atoms with van der Waals surface area (Å²) in [5.41, 5.74) is 0.636. The van der Waals surface area contributed by atoms with Crippen molar-refractivity contribution in [3.05, 3.63) is 35.5 Å². The third kappa shape index (κ3) is 3.36. The van der Waals surface area contributed by atoms with Gasteiger partial charge in [0.05, 0.1) is 5.02 Å². The highest BCUT2D eigenvalue weighted by Crippen LogP contribution is 2.29. The standard InChI is InChI=1S/C14H10ClNO3/c1-10(17)18-8-3-9-19-13-6-5-12(15)11-4-2-7-16-14(11)13/h2,4-7H,8H2,1H3. The van der Waals surface area contributed by atoms with Crippen LogP contribution in [0.1, 0.15) is 6.92 Å². The third-order valence-electron chi connectivity index (χ3n) is 2.26. The van der Waals surface area contributed by atoms with Gasteiger partial charge in [0.15, 0.2) is 12.4 Å². The Balaban J connectivity index is 2.17. The molecule has 0 aliphatic heterocycles. The number of halogens is 1. The van der Waals surface area contributed by atoms with E-state index in [0.717, 1.165) is 5.39 Å². The Morgan fingerprint density at radius 3 is 3.05 bits per heavy atom. The fourth-order valence-corrected chi connectivity index (χ4v) is 1.67. The normalized spacial score (nSPS) is 9.58. The Kier molecular flexibility index (Phi) is 4.22. The van der Waals surface area contributed by atoms with Crippen LogP contribution in [0.3, 0.4) is 0 Å². The number of ether oxygens (including phenoxy) is 2. The first-order valence-electron chi connectivity index (χ1n) is 5.50. The summed E-state index contributed by atoms with van der Waals surface area (Å²) < 4.78 is 9.94. The van der Waals surface area contributed by atoms with Gasteiger partial charge in [-0.05, 0) is 30.2 Å². The van der Waals surface area contributed by atoms with Gasteiger partial charge < -0.3 is 9.47 Å². The van der Waals surface area contributed by atoms with Crippen LogP contribution in [0.4, 0.5) is 0 Å². The van der Waals surface area contributed by atoms with Crippen molar-refractivity contribution in [1.82, 2.24) is 4.98 Å². The van der Waals surface area contributed by atoms with Gasteiger partial charge in [-0.3, -0.25) is 9.78 Å². The summed E-state index contributed by atoms with van der Waals surface area (Å²) in [6, 6.07) is 7.06. The number of carbonyl (C=O) groups is 1. The van der Waals surface area contributed by atoms with Crippen molar-refractivity contribution in [1.29, 1.82) is 0 Å². The number of aromatic nitrogens is 1. The molecule has 1 aromatic carbocycles. The van der Waals surface area contributed by atoms with Gasteiger partial charge in [-0.1, -0.05) is 11.6 Å². The minimum atomic E-state index is -0.382. The number of nitrogens with zero attached hydrogens (tertiary/aromatic N) is 1. The van der Waals surface area contributed by atoms with Gasteiger partial charge in [0.25, 0.3) is 0 Å². The fourth-order valence-electron chi connectivity index (χ4n) is 1.45. The number of rotatable bonds is 2. The summed E-state index contributed by atoms with van der Waals surface area (Å²) in [6.45, 7) is 1.31. The zero-order valence-electron chi connectivity index (χ0n) is 10.1. The predicted octanol–water partition coefficient (Wildman–Crippen LogP) is 2.79. The molecule has 0 amide bonds. The molecule has 96 valence electrons. The number of hydrogen-bond acceptors (Lipinski definition) is 4. The highest BCUT2D eigenvalue weighted by atomic mass is 35.5. The van der Waals surface area contributed by atoms with E-state index >= 15 is 0 Å². The smallest absolute Gasteiger partial charge is 0.303 e. The Bertz CT molecular complexity index is 673. The maximum atomic E-state index is 10.5. The molecule has 0 saturated heterocycles. The molecule has 0 aliphatic rings. The van der Waals surface area contributed by atoms with Crippen LogP contribution in [0.15, 0.2) is 30.5 Å². The first-order valence-corrected chi connectivity index (χ1v) is 5.87. The lowest BCUT2D eigenvalue weighted by Crippen LogP contribution is -1.98. The molecule has 19 heavy (non-hydrogen) atoms. The van der Waals surface area contributed by atoms with Crippen molar-refractivity contribution in [3.8, 4) is 17.8 Å². The number of hydrogen-bond donors (Lipinski definition) is 0. The summed E-state index contributed by atoms with van der Waals surface area (Å²) in [7, 11) is 0. The van der Waals surface area contributed by atoms with Crippen LogP contribution in [0, 0.1) is 12.0 Å². The van der Waals surface area contributed by atoms with Crippen molar-refractivity contribution < 1.29 is 14.3 Å². The van der Waals surface area contributed by atoms with E-state index in [-0.39, 0.29) is 12.6 Å². The molecule has 1 aromatic heterocycles. The molecule has 0 spiro atoms. The molecule has 0 atom stereocenters. The second kappa shape index (κ2) is 6.07. The minimum Gasteiger partial charge on any atom is -0.453 e.